The Balaban J connectivity index is 1.52. The van der Waals surface area contributed by atoms with Crippen molar-refractivity contribution >= 4 is 41.0 Å². The fourth-order valence-electron chi connectivity index (χ4n) is 2.83. The molecule has 27 heavy (non-hydrogen) atoms. The third-order valence-corrected chi connectivity index (χ3v) is 6.33. The SMILES string of the molecule is CCOC(=O)N1C=CN2c3cc(Sc4ccc([N+](=O)[O-])cc4)ccc3SC12. The number of nitro groups is 1. The van der Waals surface area contributed by atoms with E-state index in [4.69, 9.17) is 4.74 Å². The van der Waals surface area contributed by atoms with Gasteiger partial charge in [-0.3, -0.25) is 15.0 Å². The average molecular weight is 401 g/mol. The Morgan fingerprint density at radius 2 is 1.96 bits per heavy atom. The molecule has 1 amide bonds. The second-order valence-electron chi connectivity index (χ2n) is 5.74. The van der Waals surface area contributed by atoms with Gasteiger partial charge in [-0.05, 0) is 37.3 Å². The van der Waals surface area contributed by atoms with Crippen molar-refractivity contribution in [3.63, 3.8) is 0 Å². The van der Waals surface area contributed by atoms with Crippen LogP contribution in [0.15, 0.2) is 69.6 Å². The number of carbonyl (C=O) groups is 1. The van der Waals surface area contributed by atoms with Gasteiger partial charge in [-0.25, -0.2) is 4.79 Å². The fraction of sp³-hybridized carbons (Fsp3) is 0.167. The van der Waals surface area contributed by atoms with Gasteiger partial charge in [-0.15, -0.1) is 0 Å². The normalized spacial score (nSPS) is 17.0. The monoisotopic (exact) mass is 401 g/mol. The summed E-state index contributed by atoms with van der Waals surface area (Å²) in [4.78, 5) is 29.1. The molecule has 0 aromatic heterocycles. The molecular formula is C18H15N3O4S2. The van der Waals surface area contributed by atoms with Crippen molar-refractivity contribution in [3.05, 3.63) is 65.0 Å². The first-order chi connectivity index (χ1) is 13.1. The molecule has 4 rings (SSSR count). The van der Waals surface area contributed by atoms with Gasteiger partial charge in [0.25, 0.3) is 5.69 Å². The van der Waals surface area contributed by atoms with Crippen LogP contribution in [0, 0.1) is 10.1 Å². The van der Waals surface area contributed by atoms with Crippen LogP contribution in [0.4, 0.5) is 16.2 Å². The van der Waals surface area contributed by atoms with Gasteiger partial charge in [0.05, 0.1) is 17.2 Å². The van der Waals surface area contributed by atoms with E-state index in [9.17, 15) is 14.9 Å². The van der Waals surface area contributed by atoms with Gasteiger partial charge in [0, 0.05) is 39.2 Å². The van der Waals surface area contributed by atoms with E-state index in [2.05, 4.69) is 6.07 Å². The number of carbonyl (C=O) groups excluding carboxylic acids is 1. The third-order valence-electron chi connectivity index (χ3n) is 4.07. The number of nitro benzene ring substituents is 1. The van der Waals surface area contributed by atoms with Crippen molar-refractivity contribution in [2.24, 2.45) is 0 Å². The topological polar surface area (TPSA) is 75.9 Å². The lowest BCUT2D eigenvalue weighted by Gasteiger charge is -2.23. The van der Waals surface area contributed by atoms with Gasteiger partial charge in [0.15, 0.2) is 5.50 Å². The number of rotatable bonds is 4. The number of hydrogen-bond donors (Lipinski definition) is 0. The number of amides is 1. The Morgan fingerprint density at radius 3 is 2.67 bits per heavy atom. The lowest BCUT2D eigenvalue weighted by molar-refractivity contribution is -0.384. The first-order valence-electron chi connectivity index (χ1n) is 8.21. The summed E-state index contributed by atoms with van der Waals surface area (Å²) < 4.78 is 5.11. The number of ether oxygens (including phenoxy) is 1. The van der Waals surface area contributed by atoms with Crippen LogP contribution in [0.5, 0.6) is 0 Å². The summed E-state index contributed by atoms with van der Waals surface area (Å²) in [6.07, 6.45) is 3.25. The number of anilines is 1. The summed E-state index contributed by atoms with van der Waals surface area (Å²) in [5.74, 6) is 0. The van der Waals surface area contributed by atoms with Gasteiger partial charge < -0.3 is 9.64 Å². The minimum absolute atomic E-state index is 0.0776. The zero-order chi connectivity index (χ0) is 19.0. The predicted octanol–water partition coefficient (Wildman–Crippen LogP) is 4.89. The van der Waals surface area contributed by atoms with Crippen molar-refractivity contribution in [1.29, 1.82) is 0 Å². The molecular weight excluding hydrogens is 386 g/mol. The van der Waals surface area contributed by atoms with E-state index in [0.29, 0.717) is 6.61 Å². The molecule has 1 atom stereocenters. The second kappa shape index (κ2) is 7.16. The van der Waals surface area contributed by atoms with Crippen molar-refractivity contribution in [1.82, 2.24) is 4.90 Å². The molecule has 2 heterocycles. The number of hydrogen-bond acceptors (Lipinski definition) is 7. The van der Waals surface area contributed by atoms with Gasteiger partial charge in [0.2, 0.25) is 0 Å². The Hall–Kier alpha value is -2.65. The minimum Gasteiger partial charge on any atom is -0.449 e. The summed E-state index contributed by atoms with van der Waals surface area (Å²) in [6.45, 7) is 2.12. The molecule has 2 aromatic carbocycles. The molecule has 0 radical (unpaired) electrons. The van der Waals surface area contributed by atoms with Crippen LogP contribution in [-0.4, -0.2) is 28.0 Å². The molecule has 0 N–H and O–H groups in total. The molecule has 0 fully saturated rings. The highest BCUT2D eigenvalue weighted by Gasteiger charge is 2.39. The molecule has 0 bridgehead atoms. The van der Waals surface area contributed by atoms with Crippen LogP contribution in [0.25, 0.3) is 0 Å². The molecule has 0 saturated heterocycles. The van der Waals surface area contributed by atoms with Crippen LogP contribution >= 0.6 is 23.5 Å². The quantitative estimate of drug-likeness (QED) is 0.533. The summed E-state index contributed by atoms with van der Waals surface area (Å²) in [5, 5.41) is 10.8. The smallest absolute Gasteiger partial charge is 0.416 e. The number of non-ortho nitro benzene ring substituents is 1. The highest BCUT2D eigenvalue weighted by molar-refractivity contribution is 8.00. The largest absolute Gasteiger partial charge is 0.449 e. The molecule has 2 aromatic rings. The van der Waals surface area contributed by atoms with E-state index >= 15 is 0 Å². The summed E-state index contributed by atoms with van der Waals surface area (Å²) >= 11 is 3.13. The maximum absolute atomic E-state index is 12.1. The molecule has 2 aliphatic rings. The summed E-state index contributed by atoms with van der Waals surface area (Å²) in [5.41, 5.74) is 0.937. The highest BCUT2D eigenvalue weighted by atomic mass is 32.2. The number of thioether (sulfide) groups is 1. The van der Waals surface area contributed by atoms with E-state index in [1.165, 1.54) is 23.9 Å². The van der Waals surface area contributed by atoms with Crippen LogP contribution in [0.1, 0.15) is 6.92 Å². The Kier molecular flexibility index (Phi) is 4.71. The summed E-state index contributed by atoms with van der Waals surface area (Å²) in [7, 11) is 0. The van der Waals surface area contributed by atoms with Crippen LogP contribution in [-0.2, 0) is 4.74 Å². The highest BCUT2D eigenvalue weighted by Crippen LogP contribution is 2.49. The zero-order valence-electron chi connectivity index (χ0n) is 14.3. The number of fused-ring (bicyclic) bond motifs is 3. The Bertz CT molecular complexity index is 933. The fourth-order valence-corrected chi connectivity index (χ4v) is 4.91. The molecule has 2 aliphatic heterocycles. The maximum Gasteiger partial charge on any atom is 0.416 e. The van der Waals surface area contributed by atoms with Gasteiger partial charge in [-0.2, -0.15) is 0 Å². The van der Waals surface area contributed by atoms with E-state index in [1.54, 1.807) is 41.9 Å². The Morgan fingerprint density at radius 1 is 1.22 bits per heavy atom. The molecule has 138 valence electrons. The zero-order valence-corrected chi connectivity index (χ0v) is 15.9. The number of benzene rings is 2. The van der Waals surface area contributed by atoms with Gasteiger partial charge >= 0.3 is 6.09 Å². The van der Waals surface area contributed by atoms with E-state index in [0.717, 1.165) is 20.4 Å². The molecule has 9 heteroatoms. The van der Waals surface area contributed by atoms with Crippen LogP contribution in [0.2, 0.25) is 0 Å². The standard InChI is InChI=1S/C18H15N3O4S2/c1-2-25-18(22)20-10-9-19-15-11-14(7-8-16(15)27-17(19)20)26-13-5-3-12(4-6-13)21(23)24/h3-11,17H,2H2,1H3. The van der Waals surface area contributed by atoms with E-state index in [1.807, 2.05) is 23.2 Å². The maximum atomic E-state index is 12.1. The molecule has 1 unspecified atom stereocenters. The van der Waals surface area contributed by atoms with Gasteiger partial charge in [-0.1, -0.05) is 23.5 Å². The lowest BCUT2D eigenvalue weighted by atomic mass is 10.3. The van der Waals surface area contributed by atoms with E-state index in [-0.39, 0.29) is 17.3 Å². The van der Waals surface area contributed by atoms with Gasteiger partial charge in [0.1, 0.15) is 0 Å². The minimum atomic E-state index is -0.407. The molecule has 7 nitrogen and oxygen atoms in total. The summed E-state index contributed by atoms with van der Waals surface area (Å²) in [6, 6.07) is 12.6. The van der Waals surface area contributed by atoms with Crippen molar-refractivity contribution in [3.8, 4) is 0 Å². The van der Waals surface area contributed by atoms with E-state index < -0.39 is 4.92 Å². The molecule has 0 aliphatic carbocycles. The third kappa shape index (κ3) is 3.35. The number of nitrogens with zero attached hydrogens (tertiary/aromatic N) is 3. The van der Waals surface area contributed by atoms with Crippen molar-refractivity contribution in [2.75, 3.05) is 11.5 Å². The lowest BCUT2D eigenvalue weighted by Crippen LogP contribution is -2.37. The predicted molar refractivity (Wildman–Crippen MR) is 104 cm³/mol. The second-order valence-corrected chi connectivity index (χ2v) is 7.98. The molecule has 0 saturated carbocycles. The van der Waals surface area contributed by atoms with Crippen LogP contribution in [0.3, 0.4) is 0 Å². The van der Waals surface area contributed by atoms with Crippen LogP contribution < -0.4 is 4.90 Å². The average Bonchev–Trinajstić information content (AvgIpc) is 3.21. The van der Waals surface area contributed by atoms with Crippen molar-refractivity contribution in [2.45, 2.75) is 27.1 Å². The van der Waals surface area contributed by atoms with Crippen molar-refractivity contribution < 1.29 is 14.5 Å². The Labute approximate surface area is 164 Å². The molecule has 0 spiro atoms. The first kappa shape index (κ1) is 17.7. The first-order valence-corrected chi connectivity index (χ1v) is 9.91.